The molecule has 0 spiro atoms. The van der Waals surface area contributed by atoms with E-state index in [-0.39, 0.29) is 12.0 Å². The lowest BCUT2D eigenvalue weighted by atomic mass is 9.83. The number of carbonyl (C=O) groups is 3. The topological polar surface area (TPSA) is 119 Å². The Kier molecular flexibility index (Phi) is 6.65. The van der Waals surface area contributed by atoms with Gasteiger partial charge >= 0.3 is 5.97 Å². The van der Waals surface area contributed by atoms with Crippen LogP contribution in [0.3, 0.4) is 0 Å². The van der Waals surface area contributed by atoms with Crippen LogP contribution < -0.4 is 0 Å². The van der Waals surface area contributed by atoms with Gasteiger partial charge in [-0.1, -0.05) is 42.5 Å². The highest BCUT2D eigenvalue weighted by molar-refractivity contribution is 6.55. The Balaban J connectivity index is 2.37. The molecule has 0 bridgehead atoms. The van der Waals surface area contributed by atoms with Crippen LogP contribution in [0.5, 0.6) is 0 Å². The monoisotopic (exact) mass is 382 g/mol. The van der Waals surface area contributed by atoms with Gasteiger partial charge in [-0.15, -0.1) is 0 Å². The lowest BCUT2D eigenvalue weighted by molar-refractivity contribution is -0.139. The van der Waals surface area contributed by atoms with Gasteiger partial charge in [-0.3, -0.25) is 14.4 Å². The first-order valence-corrected chi connectivity index (χ1v) is 8.50. The van der Waals surface area contributed by atoms with Gasteiger partial charge in [0.05, 0.1) is 23.3 Å². The predicted molar refractivity (Wildman–Crippen MR) is 102 cm³/mol. The average molecular weight is 382 g/mol. The zero-order valence-electron chi connectivity index (χ0n) is 15.1. The summed E-state index contributed by atoms with van der Waals surface area (Å²) < 4.78 is 13.2. The molecule has 0 amide bonds. The van der Waals surface area contributed by atoms with Gasteiger partial charge in [0.25, 0.3) is 0 Å². The molecule has 28 heavy (non-hydrogen) atoms. The quantitative estimate of drug-likeness (QED) is 0.456. The summed E-state index contributed by atoms with van der Waals surface area (Å²) in [5.41, 5.74) is -0.531. The molecule has 0 aromatic heterocycles. The van der Waals surface area contributed by atoms with Crippen LogP contribution >= 0.6 is 0 Å². The number of ketones is 2. The van der Waals surface area contributed by atoms with Gasteiger partial charge in [-0.25, -0.2) is 4.39 Å². The zero-order valence-corrected chi connectivity index (χ0v) is 15.1. The smallest absolute Gasteiger partial charge is 0.312 e. The van der Waals surface area contributed by atoms with Gasteiger partial charge in [0, 0.05) is 5.56 Å². The van der Waals surface area contributed by atoms with Crippen molar-refractivity contribution in [3.8, 4) is 0 Å². The Bertz CT molecular complexity index is 923. The summed E-state index contributed by atoms with van der Waals surface area (Å²) in [6, 6.07) is 13.1. The summed E-state index contributed by atoms with van der Waals surface area (Å²) in [4.78, 5) is 36.6. The Hall–Kier alpha value is -3.48. The van der Waals surface area contributed by atoms with Gasteiger partial charge in [0.15, 0.2) is 5.78 Å². The molecule has 0 aliphatic rings. The van der Waals surface area contributed by atoms with Crippen molar-refractivity contribution in [1.29, 1.82) is 10.8 Å². The van der Waals surface area contributed by atoms with Crippen LogP contribution in [0.2, 0.25) is 0 Å². The molecule has 0 saturated carbocycles. The second-order valence-corrected chi connectivity index (χ2v) is 6.33. The molecule has 0 aliphatic heterocycles. The van der Waals surface area contributed by atoms with Crippen molar-refractivity contribution in [2.75, 3.05) is 0 Å². The number of Topliss-reactive ketones (excluding diaryl/α,β-unsaturated/α-hetero) is 2. The Morgan fingerprint density at radius 2 is 1.54 bits per heavy atom. The number of hydrogen-bond acceptors (Lipinski definition) is 5. The lowest BCUT2D eigenvalue weighted by Gasteiger charge is -2.18. The zero-order chi connectivity index (χ0) is 20.8. The minimum absolute atomic E-state index is 0.120. The first-order chi connectivity index (χ1) is 13.2. The second kappa shape index (κ2) is 8.94. The van der Waals surface area contributed by atoms with Crippen LogP contribution in [0.4, 0.5) is 4.39 Å². The summed E-state index contributed by atoms with van der Waals surface area (Å²) in [5, 5.41) is 25.2. The van der Waals surface area contributed by atoms with Gasteiger partial charge in [0.2, 0.25) is 5.78 Å². The molecule has 0 radical (unpaired) electrons. The van der Waals surface area contributed by atoms with Crippen LogP contribution in [-0.4, -0.2) is 34.1 Å². The largest absolute Gasteiger partial charge is 0.481 e. The van der Waals surface area contributed by atoms with Crippen molar-refractivity contribution in [2.45, 2.75) is 13.3 Å². The molecule has 144 valence electrons. The minimum Gasteiger partial charge on any atom is -0.481 e. The number of aliphatic carboxylic acids is 1. The fourth-order valence-electron chi connectivity index (χ4n) is 2.61. The Morgan fingerprint density at radius 3 is 2.07 bits per heavy atom. The summed E-state index contributed by atoms with van der Waals surface area (Å²) in [6.45, 7) is 1.19. The van der Waals surface area contributed by atoms with Crippen molar-refractivity contribution >= 4 is 29.0 Å². The third-order valence-electron chi connectivity index (χ3n) is 4.37. The molecule has 0 saturated heterocycles. The number of nitrogens with one attached hydrogen (secondary N) is 2. The summed E-state index contributed by atoms with van der Waals surface area (Å²) in [5.74, 6) is -6.13. The minimum atomic E-state index is -1.37. The lowest BCUT2D eigenvalue weighted by Crippen LogP contribution is -2.39. The van der Waals surface area contributed by atoms with Gasteiger partial charge in [0.1, 0.15) is 5.82 Å². The maximum atomic E-state index is 13.2. The Labute approximate surface area is 161 Å². The molecule has 2 aromatic carbocycles. The van der Waals surface area contributed by atoms with Crippen LogP contribution in [0.1, 0.15) is 22.8 Å². The van der Waals surface area contributed by atoms with E-state index < -0.39 is 46.6 Å². The summed E-state index contributed by atoms with van der Waals surface area (Å²) in [7, 11) is 0. The van der Waals surface area contributed by atoms with Crippen molar-refractivity contribution < 1.29 is 23.9 Å². The molecule has 0 aliphatic carbocycles. The molecule has 7 heteroatoms. The predicted octanol–water partition coefficient (Wildman–Crippen LogP) is 3.20. The molecule has 2 unspecified atom stereocenters. The number of hydrogen-bond donors (Lipinski definition) is 3. The second-order valence-electron chi connectivity index (χ2n) is 6.33. The maximum absolute atomic E-state index is 13.2. The molecule has 2 aromatic rings. The molecule has 3 N–H and O–H groups in total. The van der Waals surface area contributed by atoms with E-state index in [2.05, 4.69) is 0 Å². The fourth-order valence-corrected chi connectivity index (χ4v) is 2.61. The molecule has 2 rings (SSSR count). The van der Waals surface area contributed by atoms with E-state index in [1.54, 1.807) is 18.2 Å². The molecule has 6 nitrogen and oxygen atoms in total. The molecule has 2 atom stereocenters. The van der Waals surface area contributed by atoms with E-state index in [0.29, 0.717) is 5.56 Å². The van der Waals surface area contributed by atoms with E-state index in [0.717, 1.165) is 0 Å². The molecular formula is C21H19FN2O4. The normalized spacial score (nSPS) is 12.6. The van der Waals surface area contributed by atoms with Crippen LogP contribution in [0.25, 0.3) is 0 Å². The maximum Gasteiger partial charge on any atom is 0.312 e. The summed E-state index contributed by atoms with van der Waals surface area (Å²) in [6.07, 6.45) is -0.120. The average Bonchev–Trinajstić information content (AvgIpc) is 2.71. The number of carbonyl (C=O) groups excluding carboxylic acids is 2. The number of rotatable bonds is 9. The highest BCUT2D eigenvalue weighted by atomic mass is 19.1. The Morgan fingerprint density at radius 1 is 0.964 bits per heavy atom. The highest BCUT2D eigenvalue weighted by Crippen LogP contribution is 2.18. The van der Waals surface area contributed by atoms with E-state index in [9.17, 15) is 18.8 Å². The van der Waals surface area contributed by atoms with E-state index in [4.69, 9.17) is 15.9 Å². The number of carboxylic acid groups (broad SMARTS) is 1. The number of carboxylic acids is 1. The number of halogens is 1. The van der Waals surface area contributed by atoms with Gasteiger partial charge in [-0.05, 0) is 31.0 Å². The van der Waals surface area contributed by atoms with E-state index in [1.807, 2.05) is 0 Å². The van der Waals surface area contributed by atoms with Crippen molar-refractivity contribution in [2.24, 2.45) is 11.8 Å². The summed E-state index contributed by atoms with van der Waals surface area (Å²) >= 11 is 0. The van der Waals surface area contributed by atoms with Crippen LogP contribution in [0, 0.1) is 28.5 Å². The first-order valence-electron chi connectivity index (χ1n) is 8.50. The molecular weight excluding hydrogens is 363 g/mol. The highest BCUT2D eigenvalue weighted by Gasteiger charge is 2.34. The fraction of sp³-hybridized carbons (Fsp3) is 0.190. The standard InChI is InChI=1S/C21H19FN2O4/c1-12(21(27)28)17(23)20(26)16(11-13-7-9-15(22)10-8-13)18(24)19(25)14-5-3-2-4-6-14/h2-10,12,16,23-24H,11H2,1H3,(H,27,28). The number of benzene rings is 2. The first kappa shape index (κ1) is 20.8. The third-order valence-corrected chi connectivity index (χ3v) is 4.37. The van der Waals surface area contributed by atoms with Crippen molar-refractivity contribution in [3.05, 3.63) is 71.5 Å². The van der Waals surface area contributed by atoms with Crippen molar-refractivity contribution in [1.82, 2.24) is 0 Å². The van der Waals surface area contributed by atoms with Gasteiger partial charge in [-0.2, -0.15) is 0 Å². The van der Waals surface area contributed by atoms with E-state index >= 15 is 0 Å². The molecule has 0 heterocycles. The van der Waals surface area contributed by atoms with Crippen LogP contribution in [0.15, 0.2) is 54.6 Å². The van der Waals surface area contributed by atoms with Crippen LogP contribution in [-0.2, 0) is 16.0 Å². The molecule has 0 fully saturated rings. The third kappa shape index (κ3) is 4.82. The van der Waals surface area contributed by atoms with E-state index in [1.165, 1.54) is 43.3 Å². The van der Waals surface area contributed by atoms with Crippen molar-refractivity contribution in [3.63, 3.8) is 0 Å². The SMILES string of the molecule is CC(C(=N)C(=O)C(Cc1ccc(F)cc1)C(=N)C(=O)c1ccccc1)C(=O)O. The van der Waals surface area contributed by atoms with Gasteiger partial charge < -0.3 is 15.9 Å².